The van der Waals surface area contributed by atoms with Crippen molar-refractivity contribution in [2.75, 3.05) is 5.32 Å². The molecule has 12 heteroatoms. The second-order valence-electron chi connectivity index (χ2n) is 8.56. The summed E-state index contributed by atoms with van der Waals surface area (Å²) in [5, 5.41) is 14.9. The number of halogens is 3. The average Bonchev–Trinajstić information content (AvgIpc) is 3.32. The predicted octanol–water partition coefficient (Wildman–Crippen LogP) is 5.03. The number of hydrogen-bond donors (Lipinski definition) is 1. The SMILES string of the molecule is Cc1ccc(-c2noc([C@H]3C[C@@H]3F)n2)cc1NC(=O)c1cnn2cc(-c3ccn(C(F)F)n3)ccc12. The first kappa shape index (κ1) is 22.0. The summed E-state index contributed by atoms with van der Waals surface area (Å²) in [4.78, 5) is 17.4. The van der Waals surface area contributed by atoms with E-state index in [9.17, 15) is 18.0 Å². The number of pyridine rings is 1. The lowest BCUT2D eigenvalue weighted by atomic mass is 10.1. The molecule has 1 aromatic carbocycles. The van der Waals surface area contributed by atoms with Gasteiger partial charge in [0.05, 0.1) is 28.9 Å². The van der Waals surface area contributed by atoms with Crippen LogP contribution in [0, 0.1) is 6.92 Å². The Morgan fingerprint density at radius 1 is 1.19 bits per heavy atom. The first-order valence-corrected chi connectivity index (χ1v) is 11.1. The molecule has 5 aromatic rings. The number of amides is 1. The Hall–Kier alpha value is -4.48. The molecule has 4 heterocycles. The number of anilines is 1. The van der Waals surface area contributed by atoms with Crippen molar-refractivity contribution in [1.29, 1.82) is 0 Å². The molecule has 1 aliphatic rings. The van der Waals surface area contributed by atoms with E-state index in [1.165, 1.54) is 23.0 Å². The summed E-state index contributed by atoms with van der Waals surface area (Å²) in [5.74, 6) is -0.133. The number of alkyl halides is 3. The third-order valence-electron chi connectivity index (χ3n) is 6.08. The van der Waals surface area contributed by atoms with Crippen molar-refractivity contribution in [3.63, 3.8) is 0 Å². The highest BCUT2D eigenvalue weighted by Crippen LogP contribution is 2.43. The summed E-state index contributed by atoms with van der Waals surface area (Å²) >= 11 is 0. The Morgan fingerprint density at radius 2 is 2.00 bits per heavy atom. The summed E-state index contributed by atoms with van der Waals surface area (Å²) < 4.78 is 46.2. The van der Waals surface area contributed by atoms with Crippen molar-refractivity contribution < 1.29 is 22.5 Å². The zero-order chi connectivity index (χ0) is 25.0. The summed E-state index contributed by atoms with van der Waals surface area (Å²) in [6, 6.07) is 10.2. The molecule has 0 spiro atoms. The molecule has 0 bridgehead atoms. The number of hydrogen-bond acceptors (Lipinski definition) is 6. The van der Waals surface area contributed by atoms with Gasteiger partial charge < -0.3 is 9.84 Å². The van der Waals surface area contributed by atoms with Crippen molar-refractivity contribution in [3.8, 4) is 22.6 Å². The molecule has 1 N–H and O–H groups in total. The first-order valence-electron chi connectivity index (χ1n) is 11.1. The third-order valence-corrected chi connectivity index (χ3v) is 6.08. The van der Waals surface area contributed by atoms with Crippen molar-refractivity contribution in [3.05, 3.63) is 72.0 Å². The van der Waals surface area contributed by atoms with E-state index in [0.717, 1.165) is 5.56 Å². The Kier molecular flexibility index (Phi) is 5.09. The van der Waals surface area contributed by atoms with Gasteiger partial charge in [-0.3, -0.25) is 4.79 Å². The highest BCUT2D eigenvalue weighted by atomic mass is 19.3. The van der Waals surface area contributed by atoms with Crippen molar-refractivity contribution >= 4 is 17.1 Å². The fourth-order valence-corrected chi connectivity index (χ4v) is 3.92. The van der Waals surface area contributed by atoms with Crippen LogP contribution >= 0.6 is 0 Å². The van der Waals surface area contributed by atoms with Crippen LogP contribution in [0.3, 0.4) is 0 Å². The molecule has 0 saturated heterocycles. The van der Waals surface area contributed by atoms with Crippen LogP contribution in [0.15, 0.2) is 59.5 Å². The molecule has 1 aliphatic carbocycles. The van der Waals surface area contributed by atoms with Gasteiger partial charge in [-0.1, -0.05) is 17.3 Å². The van der Waals surface area contributed by atoms with Crippen molar-refractivity contribution in [1.82, 2.24) is 29.5 Å². The number of fused-ring (bicyclic) bond motifs is 1. The second kappa shape index (κ2) is 8.33. The fraction of sp³-hybridized carbons (Fsp3) is 0.208. The molecule has 0 unspecified atom stereocenters. The smallest absolute Gasteiger partial charge is 0.333 e. The highest BCUT2D eigenvalue weighted by molar-refractivity contribution is 6.09. The number of benzene rings is 1. The molecular formula is C24H18F3N7O2. The van der Waals surface area contributed by atoms with Gasteiger partial charge in [0.15, 0.2) is 0 Å². The van der Waals surface area contributed by atoms with Crippen LogP contribution in [0.5, 0.6) is 0 Å². The number of nitrogens with one attached hydrogen (secondary N) is 1. The van der Waals surface area contributed by atoms with Crippen LogP contribution < -0.4 is 5.32 Å². The van der Waals surface area contributed by atoms with Crippen molar-refractivity contribution in [2.45, 2.75) is 32.0 Å². The number of carbonyl (C=O) groups is 1. The summed E-state index contributed by atoms with van der Waals surface area (Å²) in [6.45, 7) is -0.882. The first-order chi connectivity index (χ1) is 17.4. The van der Waals surface area contributed by atoms with Gasteiger partial charge in [0.1, 0.15) is 6.17 Å². The predicted molar refractivity (Wildman–Crippen MR) is 122 cm³/mol. The molecular weight excluding hydrogens is 475 g/mol. The lowest BCUT2D eigenvalue weighted by Crippen LogP contribution is -2.12. The topological polar surface area (TPSA) is 103 Å². The Labute approximate surface area is 201 Å². The monoisotopic (exact) mass is 493 g/mol. The van der Waals surface area contributed by atoms with E-state index in [0.29, 0.717) is 50.5 Å². The van der Waals surface area contributed by atoms with Crippen molar-refractivity contribution in [2.24, 2.45) is 0 Å². The molecule has 1 saturated carbocycles. The normalized spacial score (nSPS) is 17.1. The van der Waals surface area contributed by atoms with Crippen LogP contribution in [0.2, 0.25) is 0 Å². The van der Waals surface area contributed by atoms with Crippen LogP contribution in [-0.4, -0.2) is 41.6 Å². The minimum atomic E-state index is -2.73. The highest BCUT2D eigenvalue weighted by Gasteiger charge is 2.43. The van der Waals surface area contributed by atoms with Gasteiger partial charge in [-0.2, -0.15) is 24.0 Å². The Morgan fingerprint density at radius 3 is 2.75 bits per heavy atom. The third kappa shape index (κ3) is 3.89. The molecule has 36 heavy (non-hydrogen) atoms. The van der Waals surface area contributed by atoms with E-state index in [1.54, 1.807) is 30.5 Å². The fourth-order valence-electron chi connectivity index (χ4n) is 3.92. The molecule has 1 amide bonds. The van der Waals surface area contributed by atoms with Crippen LogP contribution in [0.4, 0.5) is 18.9 Å². The van der Waals surface area contributed by atoms with Gasteiger partial charge in [-0.25, -0.2) is 13.6 Å². The second-order valence-corrected chi connectivity index (χ2v) is 8.56. The number of nitrogens with zero attached hydrogens (tertiary/aromatic N) is 6. The number of carbonyl (C=O) groups excluding carboxylic acids is 1. The molecule has 6 rings (SSSR count). The van der Waals surface area contributed by atoms with Gasteiger partial charge in [0, 0.05) is 29.2 Å². The largest absolute Gasteiger partial charge is 0.339 e. The zero-order valence-corrected chi connectivity index (χ0v) is 18.8. The van der Waals surface area contributed by atoms with E-state index in [-0.39, 0.29) is 17.7 Å². The lowest BCUT2D eigenvalue weighted by Gasteiger charge is -2.09. The molecule has 182 valence electrons. The summed E-state index contributed by atoms with van der Waals surface area (Å²) in [5.41, 5.74) is 3.78. The standard InChI is InChI=1S/C24H18F3N7O2/c1-12-2-3-13(21-30-23(36-32-21)15-9-17(15)25)8-19(12)29-22(35)16-10-28-34-11-14(4-5-20(16)34)18-6-7-33(31-18)24(26)27/h2-8,10-11,15,17,24H,9H2,1H3,(H,29,35)/t15-,17-/m0/s1. The maximum atomic E-state index is 13.3. The Bertz CT molecular complexity index is 1610. The van der Waals surface area contributed by atoms with Crippen LogP contribution in [0.1, 0.15) is 40.7 Å². The number of aryl methyl sites for hydroxylation is 1. The van der Waals surface area contributed by atoms with E-state index in [2.05, 4.69) is 25.7 Å². The Balaban J connectivity index is 1.24. The van der Waals surface area contributed by atoms with Gasteiger partial charge in [-0.05, 0) is 43.2 Å². The van der Waals surface area contributed by atoms with Gasteiger partial charge in [-0.15, -0.1) is 0 Å². The molecule has 2 atom stereocenters. The number of rotatable bonds is 6. The molecule has 9 nitrogen and oxygen atoms in total. The summed E-state index contributed by atoms with van der Waals surface area (Å²) in [6.07, 6.45) is 3.69. The van der Waals surface area contributed by atoms with E-state index in [4.69, 9.17) is 4.52 Å². The average molecular weight is 493 g/mol. The summed E-state index contributed by atoms with van der Waals surface area (Å²) in [7, 11) is 0. The molecule has 0 radical (unpaired) electrons. The zero-order valence-electron chi connectivity index (χ0n) is 18.8. The minimum Gasteiger partial charge on any atom is -0.339 e. The quantitative estimate of drug-likeness (QED) is 0.356. The molecule has 1 fully saturated rings. The maximum absolute atomic E-state index is 13.3. The van der Waals surface area contributed by atoms with Crippen LogP contribution in [-0.2, 0) is 0 Å². The van der Waals surface area contributed by atoms with Gasteiger partial charge in [0.2, 0.25) is 11.7 Å². The minimum absolute atomic E-state index is 0.273. The van der Waals surface area contributed by atoms with Gasteiger partial charge >= 0.3 is 6.55 Å². The van der Waals surface area contributed by atoms with E-state index >= 15 is 0 Å². The van der Waals surface area contributed by atoms with Gasteiger partial charge in [0.25, 0.3) is 5.91 Å². The molecule has 4 aromatic heterocycles. The molecule has 0 aliphatic heterocycles. The van der Waals surface area contributed by atoms with Crippen LogP contribution in [0.25, 0.3) is 28.2 Å². The maximum Gasteiger partial charge on any atom is 0.333 e. The number of aromatic nitrogens is 6. The van der Waals surface area contributed by atoms with E-state index < -0.39 is 12.7 Å². The lowest BCUT2D eigenvalue weighted by molar-refractivity contribution is 0.0568. The van der Waals surface area contributed by atoms with E-state index in [1.807, 2.05) is 13.0 Å².